The normalized spacial score (nSPS) is 11.3. The maximum absolute atomic E-state index is 5.52. The van der Waals surface area contributed by atoms with Gasteiger partial charge in [0.2, 0.25) is 5.96 Å². The Morgan fingerprint density at radius 3 is 2.42 bits per heavy atom. The fourth-order valence-corrected chi connectivity index (χ4v) is 1.55. The predicted molar refractivity (Wildman–Crippen MR) is 75.2 cm³/mol. The monoisotopic (exact) mass is 257 g/mol. The molecule has 7 N–H and O–H groups in total. The van der Waals surface area contributed by atoms with Crippen molar-refractivity contribution in [2.75, 3.05) is 0 Å². The van der Waals surface area contributed by atoms with E-state index in [0.29, 0.717) is 6.54 Å². The molecule has 98 valence electrons. The second kappa shape index (κ2) is 5.67. The van der Waals surface area contributed by atoms with Crippen LogP contribution in [0.3, 0.4) is 0 Å². The first-order valence-corrected chi connectivity index (χ1v) is 5.63. The standard InChI is InChI=1S/C12H15N7/c13-11(14)18-12(15)16-7-8-1-3-9(4-2-8)10-5-6-17-19-10/h1-6H,7H2,(H,17,19)(H6,13,14,15,16,18). The number of aliphatic imine (C=N–C) groups is 2. The number of rotatable bonds is 3. The third-order valence-electron chi connectivity index (χ3n) is 2.43. The zero-order chi connectivity index (χ0) is 13.7. The number of nitrogens with two attached hydrogens (primary N) is 3. The van der Waals surface area contributed by atoms with E-state index in [2.05, 4.69) is 20.2 Å². The molecule has 0 bridgehead atoms. The average Bonchev–Trinajstić information content (AvgIpc) is 2.90. The molecule has 2 rings (SSSR count). The zero-order valence-electron chi connectivity index (χ0n) is 10.2. The summed E-state index contributed by atoms with van der Waals surface area (Å²) in [5, 5.41) is 6.81. The minimum absolute atomic E-state index is 0.0673. The van der Waals surface area contributed by atoms with E-state index >= 15 is 0 Å². The number of benzene rings is 1. The van der Waals surface area contributed by atoms with E-state index in [-0.39, 0.29) is 11.9 Å². The lowest BCUT2D eigenvalue weighted by Crippen LogP contribution is -2.26. The molecular formula is C12H15N7. The smallest absolute Gasteiger partial charge is 0.218 e. The summed E-state index contributed by atoms with van der Waals surface area (Å²) in [5.41, 5.74) is 18.9. The SMILES string of the molecule is NC(N)=NC(N)=NCc1ccc(-c2ccn[nH]2)cc1. The van der Waals surface area contributed by atoms with Gasteiger partial charge in [0.15, 0.2) is 5.96 Å². The Morgan fingerprint density at radius 1 is 1.11 bits per heavy atom. The molecule has 1 aromatic carbocycles. The topological polar surface area (TPSA) is 131 Å². The molecule has 0 aliphatic carbocycles. The van der Waals surface area contributed by atoms with Gasteiger partial charge in [-0.2, -0.15) is 10.1 Å². The number of guanidine groups is 2. The Balaban J connectivity index is 2.05. The molecule has 0 spiro atoms. The van der Waals surface area contributed by atoms with Crippen LogP contribution in [-0.4, -0.2) is 22.1 Å². The summed E-state index contributed by atoms with van der Waals surface area (Å²) in [6, 6.07) is 9.79. The van der Waals surface area contributed by atoms with Crippen LogP contribution in [-0.2, 0) is 6.54 Å². The second-order valence-electron chi connectivity index (χ2n) is 3.88. The van der Waals surface area contributed by atoms with Crippen LogP contribution in [0.25, 0.3) is 11.3 Å². The van der Waals surface area contributed by atoms with E-state index in [1.54, 1.807) is 6.20 Å². The maximum Gasteiger partial charge on any atom is 0.218 e. The van der Waals surface area contributed by atoms with E-state index < -0.39 is 0 Å². The highest BCUT2D eigenvalue weighted by atomic mass is 15.1. The summed E-state index contributed by atoms with van der Waals surface area (Å²) < 4.78 is 0. The first-order chi connectivity index (χ1) is 9.15. The van der Waals surface area contributed by atoms with Crippen LogP contribution in [0.4, 0.5) is 0 Å². The molecule has 0 atom stereocenters. The van der Waals surface area contributed by atoms with Crippen molar-refractivity contribution in [2.45, 2.75) is 6.54 Å². The Bertz CT molecular complexity index is 577. The second-order valence-corrected chi connectivity index (χ2v) is 3.88. The number of H-pyrrole nitrogens is 1. The number of aromatic nitrogens is 2. The van der Waals surface area contributed by atoms with Crippen LogP contribution in [0.5, 0.6) is 0 Å². The third kappa shape index (κ3) is 3.56. The molecular weight excluding hydrogens is 242 g/mol. The highest BCUT2D eigenvalue weighted by molar-refractivity contribution is 5.92. The summed E-state index contributed by atoms with van der Waals surface area (Å²) >= 11 is 0. The van der Waals surface area contributed by atoms with Crippen LogP contribution in [0.15, 0.2) is 46.5 Å². The predicted octanol–water partition coefficient (Wildman–Crippen LogP) is 0.165. The molecule has 0 radical (unpaired) electrons. The van der Waals surface area contributed by atoms with Crippen LogP contribution >= 0.6 is 0 Å². The van der Waals surface area contributed by atoms with Gasteiger partial charge in [0.25, 0.3) is 0 Å². The van der Waals surface area contributed by atoms with E-state index in [0.717, 1.165) is 16.8 Å². The minimum atomic E-state index is -0.101. The fraction of sp³-hybridized carbons (Fsp3) is 0.0833. The molecule has 7 heteroatoms. The Hall–Kier alpha value is -2.83. The fourth-order valence-electron chi connectivity index (χ4n) is 1.55. The Kier molecular flexibility index (Phi) is 3.77. The number of aromatic amines is 1. The lowest BCUT2D eigenvalue weighted by atomic mass is 10.1. The van der Waals surface area contributed by atoms with Gasteiger partial charge >= 0.3 is 0 Å². The lowest BCUT2D eigenvalue weighted by molar-refractivity contribution is 1.05. The van der Waals surface area contributed by atoms with Gasteiger partial charge in [-0.15, -0.1) is 0 Å². The van der Waals surface area contributed by atoms with Crippen molar-refractivity contribution in [3.8, 4) is 11.3 Å². The number of nitrogens with one attached hydrogen (secondary N) is 1. The zero-order valence-corrected chi connectivity index (χ0v) is 10.2. The molecule has 0 saturated heterocycles. The summed E-state index contributed by atoms with van der Waals surface area (Å²) in [6.07, 6.45) is 1.71. The largest absolute Gasteiger partial charge is 0.370 e. The van der Waals surface area contributed by atoms with E-state index in [1.807, 2.05) is 30.3 Å². The van der Waals surface area contributed by atoms with Gasteiger partial charge < -0.3 is 17.2 Å². The van der Waals surface area contributed by atoms with Crippen LogP contribution < -0.4 is 17.2 Å². The third-order valence-corrected chi connectivity index (χ3v) is 2.43. The van der Waals surface area contributed by atoms with Crippen molar-refractivity contribution >= 4 is 11.9 Å². The van der Waals surface area contributed by atoms with E-state index in [1.165, 1.54) is 0 Å². The van der Waals surface area contributed by atoms with Gasteiger partial charge in [-0.1, -0.05) is 24.3 Å². The van der Waals surface area contributed by atoms with Gasteiger partial charge in [0.05, 0.1) is 12.2 Å². The van der Waals surface area contributed by atoms with Crippen molar-refractivity contribution in [2.24, 2.45) is 27.2 Å². The van der Waals surface area contributed by atoms with Crippen LogP contribution in [0.2, 0.25) is 0 Å². The van der Waals surface area contributed by atoms with Gasteiger partial charge in [0.1, 0.15) is 0 Å². The minimum Gasteiger partial charge on any atom is -0.370 e. The van der Waals surface area contributed by atoms with Gasteiger partial charge in [-0.05, 0) is 17.2 Å². The highest BCUT2D eigenvalue weighted by Gasteiger charge is 1.99. The van der Waals surface area contributed by atoms with Gasteiger partial charge in [0, 0.05) is 6.20 Å². The average molecular weight is 257 g/mol. The van der Waals surface area contributed by atoms with Crippen molar-refractivity contribution in [3.05, 3.63) is 42.1 Å². The van der Waals surface area contributed by atoms with Crippen molar-refractivity contribution < 1.29 is 0 Å². The molecule has 0 amide bonds. The first kappa shape index (κ1) is 12.6. The lowest BCUT2D eigenvalue weighted by Gasteiger charge is -2.00. The highest BCUT2D eigenvalue weighted by Crippen LogP contribution is 2.16. The molecule has 0 fully saturated rings. The van der Waals surface area contributed by atoms with Crippen LogP contribution in [0, 0.1) is 0 Å². The maximum atomic E-state index is 5.52. The quantitative estimate of drug-likeness (QED) is 0.460. The summed E-state index contributed by atoms with van der Waals surface area (Å²) in [6.45, 7) is 0.422. The molecule has 0 unspecified atom stereocenters. The van der Waals surface area contributed by atoms with Crippen molar-refractivity contribution in [1.82, 2.24) is 10.2 Å². The number of nitrogens with zero attached hydrogens (tertiary/aromatic N) is 3. The summed E-state index contributed by atoms with van der Waals surface area (Å²) in [7, 11) is 0. The number of hydrogen-bond acceptors (Lipinski definition) is 2. The van der Waals surface area contributed by atoms with E-state index in [9.17, 15) is 0 Å². The molecule has 7 nitrogen and oxygen atoms in total. The van der Waals surface area contributed by atoms with Crippen molar-refractivity contribution in [1.29, 1.82) is 0 Å². The summed E-state index contributed by atoms with van der Waals surface area (Å²) in [5.74, 6) is -0.0338. The Labute approximate surface area is 110 Å². The van der Waals surface area contributed by atoms with Gasteiger partial charge in [-0.25, -0.2) is 4.99 Å². The molecule has 0 saturated carbocycles. The molecule has 19 heavy (non-hydrogen) atoms. The molecule has 1 aromatic heterocycles. The summed E-state index contributed by atoms with van der Waals surface area (Å²) in [4.78, 5) is 7.69. The number of hydrogen-bond donors (Lipinski definition) is 4. The van der Waals surface area contributed by atoms with E-state index in [4.69, 9.17) is 17.2 Å². The molecule has 0 aliphatic rings. The van der Waals surface area contributed by atoms with Crippen molar-refractivity contribution in [3.63, 3.8) is 0 Å². The molecule has 0 aliphatic heterocycles. The first-order valence-electron chi connectivity index (χ1n) is 5.63. The Morgan fingerprint density at radius 2 is 1.84 bits per heavy atom. The molecule has 2 aromatic rings. The van der Waals surface area contributed by atoms with Crippen LogP contribution in [0.1, 0.15) is 5.56 Å². The van der Waals surface area contributed by atoms with Gasteiger partial charge in [-0.3, -0.25) is 5.10 Å². The molecule has 1 heterocycles.